The van der Waals surface area contributed by atoms with Crippen molar-refractivity contribution in [2.45, 2.75) is 26.3 Å². The fraction of sp³-hybridized carbons (Fsp3) is 0.538. The first-order valence-electron chi connectivity index (χ1n) is 6.62. The van der Waals surface area contributed by atoms with Crippen LogP contribution in [-0.2, 0) is 16.1 Å². The van der Waals surface area contributed by atoms with Gasteiger partial charge in [-0.3, -0.25) is 19.1 Å². The van der Waals surface area contributed by atoms with E-state index >= 15 is 0 Å². The number of aldehydes is 1. The fourth-order valence-corrected chi connectivity index (χ4v) is 1.80. The summed E-state index contributed by atoms with van der Waals surface area (Å²) >= 11 is 0. The summed E-state index contributed by atoms with van der Waals surface area (Å²) in [6.45, 7) is 1.56. The lowest BCUT2D eigenvalue weighted by atomic mass is 10.3. The largest absolute Gasteiger partial charge is 0.396 e. The summed E-state index contributed by atoms with van der Waals surface area (Å²) in [5, 5.41) is 8.72. The zero-order valence-electron chi connectivity index (χ0n) is 11.9. The number of amides is 1. The maximum Gasteiger partial charge on any atom is 0.328 e. The van der Waals surface area contributed by atoms with Crippen LogP contribution in [0.4, 0.5) is 0 Å². The lowest BCUT2D eigenvalue weighted by Crippen LogP contribution is -2.40. The molecule has 1 rings (SSSR count). The molecule has 0 unspecified atom stereocenters. The minimum atomic E-state index is -0.666. The van der Waals surface area contributed by atoms with Gasteiger partial charge in [-0.25, -0.2) is 4.79 Å². The number of hydrogen-bond acceptors (Lipinski definition) is 5. The van der Waals surface area contributed by atoms with Crippen LogP contribution in [0.25, 0.3) is 0 Å². The number of nitrogens with one attached hydrogen (secondary N) is 1. The average molecular weight is 297 g/mol. The first kappa shape index (κ1) is 16.8. The molecule has 0 saturated carbocycles. The molecule has 2 N–H and O–H groups in total. The molecule has 8 nitrogen and oxygen atoms in total. The van der Waals surface area contributed by atoms with Crippen molar-refractivity contribution in [2.75, 3.05) is 19.7 Å². The number of H-pyrrole nitrogens is 1. The van der Waals surface area contributed by atoms with Gasteiger partial charge in [0.1, 0.15) is 12.8 Å². The summed E-state index contributed by atoms with van der Waals surface area (Å²) in [6, 6.07) is 0. The molecule has 0 aliphatic heterocycles. The SMILES string of the molecule is Cc1cn(CC(=O)N(CC=O)CCCCO)c(=O)[nH]c1=O. The zero-order valence-corrected chi connectivity index (χ0v) is 11.9. The average Bonchev–Trinajstić information content (AvgIpc) is 2.44. The lowest BCUT2D eigenvalue weighted by Gasteiger charge is -2.20. The van der Waals surface area contributed by atoms with E-state index in [1.807, 2.05) is 0 Å². The summed E-state index contributed by atoms with van der Waals surface area (Å²) in [6.07, 6.45) is 3.01. The van der Waals surface area contributed by atoms with Gasteiger partial charge in [-0.2, -0.15) is 0 Å². The summed E-state index contributed by atoms with van der Waals surface area (Å²) in [4.78, 5) is 49.0. The Bertz CT molecular complexity index is 605. The highest BCUT2D eigenvalue weighted by Crippen LogP contribution is 1.97. The van der Waals surface area contributed by atoms with Gasteiger partial charge in [-0.15, -0.1) is 0 Å². The van der Waals surface area contributed by atoms with Crippen LogP contribution >= 0.6 is 0 Å². The van der Waals surface area contributed by atoms with Crippen LogP contribution in [0.15, 0.2) is 15.8 Å². The number of aromatic amines is 1. The van der Waals surface area contributed by atoms with Crippen LogP contribution in [0, 0.1) is 6.92 Å². The summed E-state index contributed by atoms with van der Waals surface area (Å²) in [5.41, 5.74) is -0.832. The van der Waals surface area contributed by atoms with Crippen molar-refractivity contribution in [3.05, 3.63) is 32.6 Å². The number of rotatable bonds is 8. The topological polar surface area (TPSA) is 112 Å². The van der Waals surface area contributed by atoms with E-state index in [1.54, 1.807) is 0 Å². The minimum absolute atomic E-state index is 0.0156. The summed E-state index contributed by atoms with van der Waals surface area (Å²) < 4.78 is 1.10. The molecule has 1 aromatic heterocycles. The molecular formula is C13H19N3O5. The third-order valence-electron chi connectivity index (χ3n) is 2.98. The number of aliphatic hydroxyl groups excluding tert-OH is 1. The Kier molecular flexibility index (Phi) is 6.54. The molecule has 0 aromatic carbocycles. The highest BCUT2D eigenvalue weighted by Gasteiger charge is 2.14. The van der Waals surface area contributed by atoms with Crippen molar-refractivity contribution in [2.24, 2.45) is 0 Å². The Morgan fingerprint density at radius 2 is 2.14 bits per heavy atom. The molecule has 0 radical (unpaired) electrons. The molecule has 0 atom stereocenters. The molecule has 0 bridgehead atoms. The third kappa shape index (κ3) is 4.99. The van der Waals surface area contributed by atoms with Crippen LogP contribution in [-0.4, -0.2) is 51.4 Å². The predicted molar refractivity (Wildman–Crippen MR) is 75.0 cm³/mol. The molecule has 116 valence electrons. The van der Waals surface area contributed by atoms with E-state index in [1.165, 1.54) is 18.0 Å². The second-order valence-electron chi connectivity index (χ2n) is 4.64. The third-order valence-corrected chi connectivity index (χ3v) is 2.98. The number of aromatic nitrogens is 2. The Hall–Kier alpha value is -2.22. The monoisotopic (exact) mass is 297 g/mol. The van der Waals surface area contributed by atoms with Crippen molar-refractivity contribution >= 4 is 12.2 Å². The summed E-state index contributed by atoms with van der Waals surface area (Å²) in [7, 11) is 0. The van der Waals surface area contributed by atoms with Crippen LogP contribution in [0.1, 0.15) is 18.4 Å². The first-order chi connectivity index (χ1) is 9.99. The number of carbonyl (C=O) groups is 2. The van der Waals surface area contributed by atoms with Gasteiger partial charge in [0.2, 0.25) is 5.91 Å². The molecule has 0 fully saturated rings. The number of nitrogens with zero attached hydrogens (tertiary/aromatic N) is 2. The molecular weight excluding hydrogens is 278 g/mol. The Balaban J connectivity index is 2.81. The van der Waals surface area contributed by atoms with Gasteiger partial charge >= 0.3 is 5.69 Å². The van der Waals surface area contributed by atoms with Gasteiger partial charge in [0.25, 0.3) is 5.56 Å². The first-order valence-corrected chi connectivity index (χ1v) is 6.62. The minimum Gasteiger partial charge on any atom is -0.396 e. The standard InChI is InChI=1S/C13H19N3O5/c1-10-8-16(13(21)14-12(10)20)9-11(19)15(5-7-18)4-2-3-6-17/h7-8,17H,2-6,9H2,1H3,(H,14,20,21). The van der Waals surface area contributed by atoms with E-state index in [-0.39, 0.29) is 19.7 Å². The van der Waals surface area contributed by atoms with Crippen LogP contribution in [0.3, 0.4) is 0 Å². The van der Waals surface area contributed by atoms with Crippen LogP contribution in [0.5, 0.6) is 0 Å². The highest BCUT2D eigenvalue weighted by molar-refractivity contribution is 5.78. The molecule has 8 heteroatoms. The predicted octanol–water partition coefficient (Wildman–Crippen LogP) is -1.35. The van der Waals surface area contributed by atoms with Crippen LogP contribution < -0.4 is 11.2 Å². The van der Waals surface area contributed by atoms with Gasteiger partial charge in [0, 0.05) is 24.9 Å². The van der Waals surface area contributed by atoms with Crippen molar-refractivity contribution in [3.8, 4) is 0 Å². The maximum absolute atomic E-state index is 12.1. The summed E-state index contributed by atoms with van der Waals surface area (Å²) in [5.74, 6) is -0.395. The van der Waals surface area contributed by atoms with Gasteiger partial charge in [0.15, 0.2) is 0 Å². The van der Waals surface area contributed by atoms with Crippen molar-refractivity contribution in [3.63, 3.8) is 0 Å². The molecule has 0 aliphatic rings. The Labute approximate surface area is 121 Å². The maximum atomic E-state index is 12.1. The van der Waals surface area contributed by atoms with E-state index in [4.69, 9.17) is 5.11 Å². The molecule has 21 heavy (non-hydrogen) atoms. The molecule has 0 aliphatic carbocycles. The molecule has 1 aromatic rings. The van der Waals surface area contributed by atoms with E-state index in [0.29, 0.717) is 31.2 Å². The number of aryl methyl sites for hydroxylation is 1. The number of aliphatic hydroxyl groups is 1. The second-order valence-corrected chi connectivity index (χ2v) is 4.64. The number of unbranched alkanes of at least 4 members (excludes halogenated alkanes) is 1. The van der Waals surface area contributed by atoms with E-state index in [2.05, 4.69) is 4.98 Å². The van der Waals surface area contributed by atoms with Gasteiger partial charge in [-0.05, 0) is 19.8 Å². The Morgan fingerprint density at radius 1 is 1.43 bits per heavy atom. The van der Waals surface area contributed by atoms with Crippen molar-refractivity contribution in [1.29, 1.82) is 0 Å². The molecule has 0 spiro atoms. The fourth-order valence-electron chi connectivity index (χ4n) is 1.80. The second kappa shape index (κ2) is 8.15. The van der Waals surface area contributed by atoms with E-state index in [0.717, 1.165) is 4.57 Å². The lowest BCUT2D eigenvalue weighted by molar-refractivity contribution is -0.133. The van der Waals surface area contributed by atoms with Gasteiger partial charge in [-0.1, -0.05) is 0 Å². The molecule has 1 heterocycles. The Morgan fingerprint density at radius 3 is 2.76 bits per heavy atom. The van der Waals surface area contributed by atoms with Gasteiger partial charge in [0.05, 0.1) is 6.54 Å². The number of carbonyl (C=O) groups excluding carboxylic acids is 2. The highest BCUT2D eigenvalue weighted by atomic mass is 16.3. The van der Waals surface area contributed by atoms with Crippen molar-refractivity contribution < 1.29 is 14.7 Å². The van der Waals surface area contributed by atoms with E-state index in [9.17, 15) is 19.2 Å². The van der Waals surface area contributed by atoms with Gasteiger partial charge < -0.3 is 14.8 Å². The smallest absolute Gasteiger partial charge is 0.328 e. The number of hydrogen-bond donors (Lipinski definition) is 2. The molecule has 1 amide bonds. The van der Waals surface area contributed by atoms with Crippen molar-refractivity contribution in [1.82, 2.24) is 14.5 Å². The van der Waals surface area contributed by atoms with Crippen LogP contribution in [0.2, 0.25) is 0 Å². The van der Waals surface area contributed by atoms with E-state index < -0.39 is 17.2 Å². The quantitative estimate of drug-likeness (QED) is 0.455. The normalized spacial score (nSPS) is 10.4. The molecule has 0 saturated heterocycles. The zero-order chi connectivity index (χ0) is 15.8.